The molecule has 2 atom stereocenters. The van der Waals surface area contributed by atoms with E-state index in [1.807, 2.05) is 6.92 Å². The number of nitrogens with two attached hydrogens (primary N) is 1. The molecule has 112 valence electrons. The summed E-state index contributed by atoms with van der Waals surface area (Å²) in [5.41, 5.74) is 6.36. The van der Waals surface area contributed by atoms with Gasteiger partial charge in [0.1, 0.15) is 0 Å². The summed E-state index contributed by atoms with van der Waals surface area (Å²) in [5.74, 6) is -1.42. The highest BCUT2D eigenvalue weighted by Gasteiger charge is 2.19. The van der Waals surface area contributed by atoms with Crippen LogP contribution in [0.3, 0.4) is 0 Å². The number of rotatable bonds is 6. The maximum Gasteiger partial charge on any atom is 0.190 e. The second-order valence-electron chi connectivity index (χ2n) is 5.30. The van der Waals surface area contributed by atoms with E-state index >= 15 is 0 Å². The van der Waals surface area contributed by atoms with Crippen molar-refractivity contribution < 1.29 is 18.3 Å². The molecular weight excluding hydrogens is 264 g/mol. The summed E-state index contributed by atoms with van der Waals surface area (Å²) in [6.45, 7) is 3.50. The normalized spacial score (nSPS) is 20.1. The van der Waals surface area contributed by atoms with E-state index in [1.165, 1.54) is 12.1 Å². The lowest BCUT2D eigenvalue weighted by molar-refractivity contribution is 0.163. The molecule has 0 aliphatic carbocycles. The van der Waals surface area contributed by atoms with Crippen molar-refractivity contribution in [1.82, 2.24) is 0 Å². The molecule has 1 fully saturated rings. The second kappa shape index (κ2) is 6.99. The molecule has 1 aromatic rings. The highest BCUT2D eigenvalue weighted by atomic mass is 19.1. The predicted octanol–water partition coefficient (Wildman–Crippen LogP) is 2.66. The van der Waals surface area contributed by atoms with Gasteiger partial charge in [0.15, 0.2) is 17.4 Å². The van der Waals surface area contributed by atoms with Crippen molar-refractivity contribution in [2.24, 2.45) is 11.7 Å². The predicted molar refractivity (Wildman–Crippen MR) is 72.7 cm³/mol. The lowest BCUT2D eigenvalue weighted by atomic mass is 10.0. The molecular formula is C15H21F2NO2. The van der Waals surface area contributed by atoms with Gasteiger partial charge in [-0.25, -0.2) is 8.78 Å². The molecule has 1 saturated heterocycles. The minimum Gasteiger partial charge on any atom is -0.487 e. The Bertz CT molecular complexity index is 424. The monoisotopic (exact) mass is 285 g/mol. The SMILES string of the molecule is CCC(N)Cc1cc(F)c(OCC2CCOC2)c(F)c1. The largest absolute Gasteiger partial charge is 0.487 e. The average Bonchev–Trinajstić information content (AvgIpc) is 2.90. The van der Waals surface area contributed by atoms with Crippen LogP contribution in [0.15, 0.2) is 12.1 Å². The molecule has 0 aromatic heterocycles. The van der Waals surface area contributed by atoms with E-state index in [0.717, 1.165) is 12.8 Å². The van der Waals surface area contributed by atoms with Gasteiger partial charge in [0.2, 0.25) is 0 Å². The topological polar surface area (TPSA) is 44.5 Å². The molecule has 20 heavy (non-hydrogen) atoms. The van der Waals surface area contributed by atoms with E-state index < -0.39 is 11.6 Å². The first-order chi connectivity index (χ1) is 9.60. The smallest absolute Gasteiger partial charge is 0.190 e. The molecule has 0 saturated carbocycles. The number of hydrogen-bond acceptors (Lipinski definition) is 3. The maximum atomic E-state index is 13.9. The summed E-state index contributed by atoms with van der Waals surface area (Å²) in [6, 6.07) is 2.52. The van der Waals surface area contributed by atoms with Crippen molar-refractivity contribution in [3.63, 3.8) is 0 Å². The van der Waals surface area contributed by atoms with Gasteiger partial charge < -0.3 is 15.2 Å². The fourth-order valence-corrected chi connectivity index (χ4v) is 2.23. The molecule has 1 heterocycles. The van der Waals surface area contributed by atoms with Gasteiger partial charge in [-0.1, -0.05) is 6.92 Å². The van der Waals surface area contributed by atoms with Crippen LogP contribution in [0.2, 0.25) is 0 Å². The first kappa shape index (κ1) is 15.2. The second-order valence-corrected chi connectivity index (χ2v) is 5.30. The van der Waals surface area contributed by atoms with Crippen LogP contribution in [-0.4, -0.2) is 25.9 Å². The van der Waals surface area contributed by atoms with Crippen molar-refractivity contribution in [3.8, 4) is 5.75 Å². The molecule has 5 heteroatoms. The molecule has 0 radical (unpaired) electrons. The van der Waals surface area contributed by atoms with Gasteiger partial charge in [0, 0.05) is 18.6 Å². The van der Waals surface area contributed by atoms with Crippen LogP contribution in [0.5, 0.6) is 5.75 Å². The Hall–Kier alpha value is -1.20. The fourth-order valence-electron chi connectivity index (χ4n) is 2.23. The van der Waals surface area contributed by atoms with E-state index in [-0.39, 0.29) is 24.3 Å². The minimum absolute atomic E-state index is 0.0868. The van der Waals surface area contributed by atoms with Gasteiger partial charge in [-0.3, -0.25) is 0 Å². The van der Waals surface area contributed by atoms with Gasteiger partial charge in [0.05, 0.1) is 13.2 Å². The van der Waals surface area contributed by atoms with Crippen LogP contribution < -0.4 is 10.5 Å². The quantitative estimate of drug-likeness (QED) is 0.874. The lowest BCUT2D eigenvalue weighted by Gasteiger charge is -2.14. The molecule has 1 aliphatic rings. The first-order valence-corrected chi connectivity index (χ1v) is 7.04. The van der Waals surface area contributed by atoms with Crippen LogP contribution >= 0.6 is 0 Å². The third kappa shape index (κ3) is 3.90. The third-order valence-electron chi connectivity index (χ3n) is 3.57. The Morgan fingerprint density at radius 2 is 2.10 bits per heavy atom. The highest BCUT2D eigenvalue weighted by Crippen LogP contribution is 2.25. The summed E-state index contributed by atoms with van der Waals surface area (Å²) in [4.78, 5) is 0. The summed E-state index contributed by atoms with van der Waals surface area (Å²) < 4.78 is 38.3. The van der Waals surface area contributed by atoms with Crippen LogP contribution in [0.4, 0.5) is 8.78 Å². The van der Waals surface area contributed by atoms with Gasteiger partial charge >= 0.3 is 0 Å². The Morgan fingerprint density at radius 1 is 1.40 bits per heavy atom. The molecule has 0 spiro atoms. The Balaban J connectivity index is 2.01. The zero-order chi connectivity index (χ0) is 14.5. The number of ether oxygens (including phenoxy) is 2. The summed E-state index contributed by atoms with van der Waals surface area (Å²) in [5, 5.41) is 0. The molecule has 2 rings (SSSR count). The molecule has 2 N–H and O–H groups in total. The van der Waals surface area contributed by atoms with Gasteiger partial charge in [-0.15, -0.1) is 0 Å². The van der Waals surface area contributed by atoms with Crippen LogP contribution in [0, 0.1) is 17.6 Å². The zero-order valence-corrected chi connectivity index (χ0v) is 11.7. The van der Waals surface area contributed by atoms with Crippen molar-refractivity contribution in [2.75, 3.05) is 19.8 Å². The van der Waals surface area contributed by atoms with Gasteiger partial charge in [0.25, 0.3) is 0 Å². The van der Waals surface area contributed by atoms with Gasteiger partial charge in [-0.2, -0.15) is 0 Å². The minimum atomic E-state index is -0.665. The van der Waals surface area contributed by atoms with E-state index in [0.29, 0.717) is 25.2 Å². The van der Waals surface area contributed by atoms with Crippen LogP contribution in [0.1, 0.15) is 25.3 Å². The molecule has 1 aliphatic heterocycles. The molecule has 2 unspecified atom stereocenters. The lowest BCUT2D eigenvalue weighted by Crippen LogP contribution is -2.21. The highest BCUT2D eigenvalue weighted by molar-refractivity contribution is 5.31. The standard InChI is InChI=1S/C15H21F2NO2/c1-2-12(18)5-11-6-13(16)15(14(17)7-11)20-9-10-3-4-19-8-10/h6-7,10,12H,2-5,8-9,18H2,1H3. The summed E-state index contributed by atoms with van der Waals surface area (Å²) >= 11 is 0. The average molecular weight is 285 g/mol. The molecule has 0 bridgehead atoms. The van der Waals surface area contributed by atoms with Crippen molar-refractivity contribution in [3.05, 3.63) is 29.3 Å². The van der Waals surface area contributed by atoms with E-state index in [9.17, 15) is 8.78 Å². The fraction of sp³-hybridized carbons (Fsp3) is 0.600. The maximum absolute atomic E-state index is 13.9. The number of benzene rings is 1. The zero-order valence-electron chi connectivity index (χ0n) is 11.7. The van der Waals surface area contributed by atoms with E-state index in [2.05, 4.69) is 0 Å². The van der Waals surface area contributed by atoms with Crippen LogP contribution in [0.25, 0.3) is 0 Å². The van der Waals surface area contributed by atoms with Crippen molar-refractivity contribution in [2.45, 2.75) is 32.2 Å². The number of hydrogen-bond donors (Lipinski definition) is 1. The van der Waals surface area contributed by atoms with E-state index in [1.54, 1.807) is 0 Å². The first-order valence-electron chi connectivity index (χ1n) is 7.04. The summed E-state index contributed by atoms with van der Waals surface area (Å²) in [6.07, 6.45) is 2.09. The number of halogens is 2. The molecule has 3 nitrogen and oxygen atoms in total. The Labute approximate surface area is 118 Å². The summed E-state index contributed by atoms with van der Waals surface area (Å²) in [7, 11) is 0. The van der Waals surface area contributed by atoms with E-state index in [4.69, 9.17) is 15.2 Å². The third-order valence-corrected chi connectivity index (χ3v) is 3.57. The van der Waals surface area contributed by atoms with Crippen molar-refractivity contribution in [1.29, 1.82) is 0 Å². The Morgan fingerprint density at radius 3 is 2.65 bits per heavy atom. The molecule has 0 amide bonds. The molecule has 1 aromatic carbocycles. The Kier molecular flexibility index (Phi) is 5.31. The van der Waals surface area contributed by atoms with Crippen LogP contribution in [-0.2, 0) is 11.2 Å². The van der Waals surface area contributed by atoms with Crippen molar-refractivity contribution >= 4 is 0 Å². The van der Waals surface area contributed by atoms with Gasteiger partial charge in [-0.05, 0) is 37.0 Å².